The number of nitrogens with one attached hydrogen (secondary N) is 2. The number of fused-ring (bicyclic) bond motifs is 1. The monoisotopic (exact) mass is 404 g/mol. The molecule has 3 heterocycles. The van der Waals surface area contributed by atoms with E-state index in [0.29, 0.717) is 33.8 Å². The van der Waals surface area contributed by atoms with E-state index >= 15 is 0 Å². The van der Waals surface area contributed by atoms with E-state index in [0.717, 1.165) is 24.3 Å². The van der Waals surface area contributed by atoms with Crippen LogP contribution in [0.15, 0.2) is 47.6 Å². The number of aromatic nitrogens is 4. The Bertz CT molecular complexity index is 1340. The average Bonchev–Trinajstić information content (AvgIpc) is 3.37. The third-order valence-electron chi connectivity index (χ3n) is 4.83. The van der Waals surface area contributed by atoms with Crippen LogP contribution >= 0.6 is 0 Å². The summed E-state index contributed by atoms with van der Waals surface area (Å²) in [5.74, 6) is 1.16. The molecule has 3 aromatic heterocycles. The van der Waals surface area contributed by atoms with Crippen LogP contribution in [0, 0.1) is 0 Å². The van der Waals surface area contributed by atoms with Crippen molar-refractivity contribution in [1.29, 1.82) is 0 Å². The van der Waals surface area contributed by atoms with Crippen LogP contribution in [0.1, 0.15) is 18.4 Å². The molecule has 1 saturated carbocycles. The van der Waals surface area contributed by atoms with Gasteiger partial charge in [-0.1, -0.05) is 0 Å². The van der Waals surface area contributed by atoms with Crippen LogP contribution in [-0.4, -0.2) is 42.9 Å². The summed E-state index contributed by atoms with van der Waals surface area (Å²) in [6, 6.07) is 11.2. The quantitative estimate of drug-likeness (QED) is 0.403. The Hall–Kier alpha value is -4.01. The molecule has 5 rings (SSSR count). The third-order valence-corrected chi connectivity index (χ3v) is 4.83. The number of methoxy groups -OCH3 is 1. The molecule has 9 nitrogen and oxygen atoms in total. The highest BCUT2D eigenvalue weighted by molar-refractivity contribution is 5.63. The van der Waals surface area contributed by atoms with Gasteiger partial charge in [-0.3, -0.25) is 9.98 Å². The van der Waals surface area contributed by atoms with Crippen molar-refractivity contribution in [1.82, 2.24) is 19.6 Å². The molecule has 1 aliphatic rings. The normalized spacial score (nSPS) is 15.1. The van der Waals surface area contributed by atoms with Crippen molar-refractivity contribution in [3.63, 3.8) is 0 Å². The second-order valence-corrected chi connectivity index (χ2v) is 7.15. The number of benzene rings is 1. The summed E-state index contributed by atoms with van der Waals surface area (Å²) in [6.07, 6.45) is 5.51. The van der Waals surface area contributed by atoms with Crippen LogP contribution in [0.3, 0.4) is 0 Å². The number of anilines is 2. The van der Waals surface area contributed by atoms with Crippen molar-refractivity contribution in [3.8, 4) is 17.5 Å². The Balaban J connectivity index is 1.63. The molecule has 0 bridgehead atoms. The van der Waals surface area contributed by atoms with Crippen LogP contribution < -0.4 is 20.8 Å². The Kier molecular flexibility index (Phi) is 4.27. The van der Waals surface area contributed by atoms with E-state index in [1.54, 1.807) is 23.9 Å². The van der Waals surface area contributed by atoms with Gasteiger partial charge in [0.2, 0.25) is 0 Å². The zero-order valence-electron chi connectivity index (χ0n) is 16.2. The van der Waals surface area contributed by atoms with Crippen molar-refractivity contribution in [2.24, 2.45) is 4.99 Å². The fraction of sp³-hybridized carbons (Fsp3) is 0.190. The molecule has 1 aromatic carbocycles. The summed E-state index contributed by atoms with van der Waals surface area (Å²) in [7, 11) is 1.63. The Morgan fingerprint density at radius 3 is 2.70 bits per heavy atom. The van der Waals surface area contributed by atoms with E-state index in [9.17, 15) is 10.2 Å². The van der Waals surface area contributed by atoms with Gasteiger partial charge in [-0.25, -0.2) is 4.98 Å². The SMILES string of the molecule is COc1ccc(Nc2cc(=NC3CC3)n3ncc(=Cc4cc(O)[nH]c4O)c3n2)cc1. The number of aromatic hydroxyl groups is 2. The highest BCUT2D eigenvalue weighted by atomic mass is 16.5. The zero-order chi connectivity index (χ0) is 20.7. The molecule has 152 valence electrons. The van der Waals surface area contributed by atoms with Crippen molar-refractivity contribution >= 4 is 23.2 Å². The Morgan fingerprint density at radius 1 is 1.23 bits per heavy atom. The maximum Gasteiger partial charge on any atom is 0.198 e. The number of rotatable bonds is 5. The Labute approximate surface area is 171 Å². The first kappa shape index (κ1) is 18.0. The summed E-state index contributed by atoms with van der Waals surface area (Å²) in [4.78, 5) is 11.9. The van der Waals surface area contributed by atoms with Gasteiger partial charge in [0.05, 0.1) is 19.3 Å². The van der Waals surface area contributed by atoms with E-state index in [-0.39, 0.29) is 11.8 Å². The van der Waals surface area contributed by atoms with Crippen molar-refractivity contribution in [2.75, 3.05) is 12.4 Å². The molecule has 1 aliphatic carbocycles. The molecule has 4 aromatic rings. The number of hydrogen-bond donors (Lipinski definition) is 4. The lowest BCUT2D eigenvalue weighted by Crippen LogP contribution is -2.19. The summed E-state index contributed by atoms with van der Waals surface area (Å²) in [6.45, 7) is 0. The minimum atomic E-state index is -0.123. The van der Waals surface area contributed by atoms with Crippen LogP contribution in [0.25, 0.3) is 11.7 Å². The van der Waals surface area contributed by atoms with Crippen LogP contribution in [0.2, 0.25) is 0 Å². The van der Waals surface area contributed by atoms with Crippen molar-refractivity contribution in [3.05, 3.63) is 58.9 Å². The second kappa shape index (κ2) is 7.11. The third kappa shape index (κ3) is 3.52. The number of aromatic amines is 1. The van der Waals surface area contributed by atoms with Gasteiger partial charge in [0.15, 0.2) is 22.9 Å². The van der Waals surface area contributed by atoms with Gasteiger partial charge >= 0.3 is 0 Å². The lowest BCUT2D eigenvalue weighted by molar-refractivity contribution is 0.415. The van der Waals surface area contributed by atoms with Gasteiger partial charge in [-0.2, -0.15) is 9.61 Å². The first-order valence-electron chi connectivity index (χ1n) is 9.55. The van der Waals surface area contributed by atoms with Crippen molar-refractivity contribution < 1.29 is 14.9 Å². The molecule has 30 heavy (non-hydrogen) atoms. The molecule has 4 N–H and O–H groups in total. The smallest absolute Gasteiger partial charge is 0.198 e. The lowest BCUT2D eigenvalue weighted by atomic mass is 10.2. The predicted octanol–water partition coefficient (Wildman–Crippen LogP) is 1.83. The van der Waals surface area contributed by atoms with E-state index < -0.39 is 0 Å². The molecule has 0 unspecified atom stereocenters. The first-order valence-corrected chi connectivity index (χ1v) is 9.55. The molecule has 0 amide bonds. The number of ether oxygens (including phenoxy) is 1. The topological polar surface area (TPSA) is 120 Å². The zero-order valence-corrected chi connectivity index (χ0v) is 16.2. The van der Waals surface area contributed by atoms with Crippen LogP contribution in [0.4, 0.5) is 11.5 Å². The lowest BCUT2D eigenvalue weighted by Gasteiger charge is -2.07. The van der Waals surface area contributed by atoms with Gasteiger partial charge in [0.25, 0.3) is 0 Å². The van der Waals surface area contributed by atoms with Crippen molar-refractivity contribution in [2.45, 2.75) is 18.9 Å². The number of hydrogen-bond acceptors (Lipinski definition) is 7. The molecular weight excluding hydrogens is 384 g/mol. The second-order valence-electron chi connectivity index (χ2n) is 7.15. The molecule has 9 heteroatoms. The maximum atomic E-state index is 9.94. The summed E-state index contributed by atoms with van der Waals surface area (Å²) >= 11 is 0. The van der Waals surface area contributed by atoms with E-state index in [4.69, 9.17) is 14.7 Å². The van der Waals surface area contributed by atoms with E-state index in [2.05, 4.69) is 15.4 Å². The minimum Gasteiger partial charge on any atom is -0.497 e. The molecule has 0 aliphatic heterocycles. The van der Waals surface area contributed by atoms with E-state index in [1.165, 1.54) is 6.07 Å². The predicted molar refractivity (Wildman–Crippen MR) is 111 cm³/mol. The van der Waals surface area contributed by atoms with Gasteiger partial charge in [-0.15, -0.1) is 0 Å². The Morgan fingerprint density at radius 2 is 2.03 bits per heavy atom. The van der Waals surface area contributed by atoms with Gasteiger partial charge in [-0.05, 0) is 43.2 Å². The largest absolute Gasteiger partial charge is 0.497 e. The van der Waals surface area contributed by atoms with Gasteiger partial charge < -0.3 is 20.3 Å². The number of H-pyrrole nitrogens is 1. The fourth-order valence-corrected chi connectivity index (χ4v) is 3.16. The molecule has 0 atom stereocenters. The van der Waals surface area contributed by atoms with E-state index in [1.807, 2.05) is 30.3 Å². The highest BCUT2D eigenvalue weighted by Crippen LogP contribution is 2.23. The summed E-state index contributed by atoms with van der Waals surface area (Å²) < 4.78 is 6.89. The minimum absolute atomic E-state index is 0.116. The molecule has 0 saturated heterocycles. The van der Waals surface area contributed by atoms with Crippen LogP contribution in [0.5, 0.6) is 17.5 Å². The molecular formula is C21H20N6O3. The molecule has 0 spiro atoms. The van der Waals surface area contributed by atoms with Gasteiger partial charge in [0, 0.05) is 28.6 Å². The molecule has 0 radical (unpaired) electrons. The van der Waals surface area contributed by atoms with Crippen LogP contribution in [-0.2, 0) is 0 Å². The summed E-state index contributed by atoms with van der Waals surface area (Å²) in [5.41, 5.74) is 2.61. The average molecular weight is 404 g/mol. The summed E-state index contributed by atoms with van der Waals surface area (Å²) in [5, 5.41) is 27.9. The standard InChI is InChI=1S/C21H20N6O3/c1-30-16-6-4-14(5-7-16)23-17-10-18(24-15-2-3-15)27-20(25-17)13(11-22-27)8-12-9-19(28)26-21(12)29/h4-11,15,23,26,28-29H,2-3H2,1H3. The number of nitrogens with zero attached hydrogens (tertiary/aromatic N) is 4. The molecule has 1 fully saturated rings. The highest BCUT2D eigenvalue weighted by Gasteiger charge is 2.20. The first-order chi connectivity index (χ1) is 14.6. The maximum absolute atomic E-state index is 9.94. The van der Waals surface area contributed by atoms with Gasteiger partial charge in [0.1, 0.15) is 11.6 Å². The fourth-order valence-electron chi connectivity index (χ4n) is 3.16.